The van der Waals surface area contributed by atoms with Crippen molar-refractivity contribution in [2.75, 3.05) is 38.5 Å². The zero-order valence-electron chi connectivity index (χ0n) is 19.4. The van der Waals surface area contributed by atoms with Crippen molar-refractivity contribution in [1.29, 1.82) is 0 Å². The van der Waals surface area contributed by atoms with Crippen molar-refractivity contribution < 1.29 is 18.0 Å². The Morgan fingerprint density at radius 1 is 1.08 bits per heavy atom. The second-order valence-corrected chi connectivity index (χ2v) is 9.73. The monoisotopic (exact) mass is 512 g/mol. The minimum Gasteiger partial charge on any atom is -0.321 e. The molecule has 4 heterocycles. The first-order valence-electron chi connectivity index (χ1n) is 11.4. The summed E-state index contributed by atoms with van der Waals surface area (Å²) >= 11 is 1.13. The number of alkyl halides is 3. The lowest BCUT2D eigenvalue weighted by Gasteiger charge is -2.33. The average Bonchev–Trinajstić information content (AvgIpc) is 3.36. The van der Waals surface area contributed by atoms with E-state index in [0.29, 0.717) is 29.2 Å². The van der Waals surface area contributed by atoms with Gasteiger partial charge >= 0.3 is 6.18 Å². The van der Waals surface area contributed by atoms with Gasteiger partial charge in [0.1, 0.15) is 9.88 Å². The third kappa shape index (κ3) is 5.23. The number of nitrogens with one attached hydrogen (secondary N) is 1. The first-order chi connectivity index (χ1) is 17.3. The number of aromatic nitrogens is 3. The van der Waals surface area contributed by atoms with Crippen LogP contribution in [0.25, 0.3) is 21.5 Å². The number of benzene rings is 1. The van der Waals surface area contributed by atoms with Crippen molar-refractivity contribution in [1.82, 2.24) is 24.8 Å². The fourth-order valence-corrected chi connectivity index (χ4v) is 4.98. The molecule has 0 atom stereocenters. The van der Waals surface area contributed by atoms with E-state index in [1.54, 1.807) is 24.7 Å². The Hall–Kier alpha value is -3.41. The smallest absolute Gasteiger partial charge is 0.321 e. The van der Waals surface area contributed by atoms with Crippen molar-refractivity contribution in [3.63, 3.8) is 0 Å². The number of rotatable bonds is 5. The third-order valence-corrected chi connectivity index (χ3v) is 7.16. The van der Waals surface area contributed by atoms with Crippen LogP contribution < -0.4 is 5.32 Å². The molecule has 0 aliphatic carbocycles. The largest absolute Gasteiger partial charge is 0.416 e. The molecule has 1 aromatic carbocycles. The Morgan fingerprint density at radius 3 is 2.67 bits per heavy atom. The van der Waals surface area contributed by atoms with E-state index in [9.17, 15) is 18.0 Å². The van der Waals surface area contributed by atoms with E-state index in [-0.39, 0.29) is 22.7 Å². The quantitative estimate of drug-likeness (QED) is 0.415. The van der Waals surface area contributed by atoms with Crippen LogP contribution in [0.3, 0.4) is 0 Å². The molecular formula is C25H23F3N6OS. The van der Waals surface area contributed by atoms with E-state index in [0.717, 1.165) is 35.9 Å². The highest BCUT2D eigenvalue weighted by atomic mass is 32.1. The number of pyridine rings is 2. The lowest BCUT2D eigenvalue weighted by Crippen LogP contribution is -2.44. The summed E-state index contributed by atoms with van der Waals surface area (Å²) in [6.45, 7) is 3.26. The molecule has 4 aromatic rings. The second kappa shape index (κ2) is 9.92. The van der Waals surface area contributed by atoms with Crippen LogP contribution in [0.1, 0.15) is 20.8 Å². The van der Waals surface area contributed by atoms with Gasteiger partial charge < -0.3 is 10.2 Å². The Balaban J connectivity index is 1.35. The standard InChI is InChI=1S/C25H23F3N6OS/c1-33-7-9-34(10-8-33)15-17-4-5-18(11-20(17)25(26,27)28)32-23(35)21-14-31-24(36-21)19-13-29-12-16-3-2-6-30-22(16)19/h2-6,11-14H,7-10,15H2,1H3,(H,32,35). The first kappa shape index (κ1) is 24.3. The number of amides is 1. The van der Waals surface area contributed by atoms with E-state index in [4.69, 9.17) is 0 Å². The van der Waals surface area contributed by atoms with Crippen molar-refractivity contribution in [3.8, 4) is 10.6 Å². The molecule has 0 spiro atoms. The minimum atomic E-state index is -4.53. The zero-order valence-corrected chi connectivity index (χ0v) is 20.2. The van der Waals surface area contributed by atoms with Crippen LogP contribution >= 0.6 is 11.3 Å². The van der Waals surface area contributed by atoms with E-state index in [2.05, 4.69) is 25.2 Å². The van der Waals surface area contributed by atoms with E-state index >= 15 is 0 Å². The molecule has 5 rings (SSSR count). The summed E-state index contributed by atoms with van der Waals surface area (Å²) in [5.74, 6) is -0.528. The summed E-state index contributed by atoms with van der Waals surface area (Å²) in [7, 11) is 2.00. The molecule has 1 saturated heterocycles. The van der Waals surface area contributed by atoms with Gasteiger partial charge in [-0.15, -0.1) is 11.3 Å². The van der Waals surface area contributed by atoms with Gasteiger partial charge in [0.2, 0.25) is 0 Å². The molecular weight excluding hydrogens is 489 g/mol. The molecule has 11 heteroatoms. The van der Waals surface area contributed by atoms with Crippen LogP contribution in [0.4, 0.5) is 18.9 Å². The molecule has 0 bridgehead atoms. The highest BCUT2D eigenvalue weighted by Crippen LogP contribution is 2.35. The SMILES string of the molecule is CN1CCN(Cc2ccc(NC(=O)c3cnc(-c4cncc5cccnc45)s3)cc2C(F)(F)F)CC1. The van der Waals surface area contributed by atoms with E-state index in [1.807, 2.05) is 18.0 Å². The number of nitrogens with zero attached hydrogens (tertiary/aromatic N) is 5. The fraction of sp³-hybridized carbons (Fsp3) is 0.280. The van der Waals surface area contributed by atoms with Crippen molar-refractivity contribution in [2.24, 2.45) is 0 Å². The van der Waals surface area contributed by atoms with Crippen molar-refractivity contribution in [2.45, 2.75) is 12.7 Å². The molecule has 1 fully saturated rings. The van der Waals surface area contributed by atoms with Gasteiger partial charge in [-0.1, -0.05) is 6.07 Å². The summed E-state index contributed by atoms with van der Waals surface area (Å²) in [5, 5.41) is 3.98. The second-order valence-electron chi connectivity index (χ2n) is 8.70. The lowest BCUT2D eigenvalue weighted by atomic mass is 10.0. The maximum atomic E-state index is 13.9. The lowest BCUT2D eigenvalue weighted by molar-refractivity contribution is -0.138. The number of hydrogen-bond donors (Lipinski definition) is 1. The molecule has 1 aliphatic heterocycles. The summed E-state index contributed by atoms with van der Waals surface area (Å²) in [4.78, 5) is 30.2. The maximum absolute atomic E-state index is 13.9. The highest BCUT2D eigenvalue weighted by Gasteiger charge is 2.34. The summed E-state index contributed by atoms with van der Waals surface area (Å²) in [6.07, 6.45) is 1.86. The first-order valence-corrected chi connectivity index (χ1v) is 12.2. The van der Waals surface area contributed by atoms with Gasteiger partial charge in [-0.05, 0) is 36.9 Å². The van der Waals surface area contributed by atoms with Crippen LogP contribution in [0.2, 0.25) is 0 Å². The molecule has 186 valence electrons. The van der Waals surface area contributed by atoms with Crippen LogP contribution in [0.15, 0.2) is 55.1 Å². The number of piperazine rings is 1. The van der Waals surface area contributed by atoms with Crippen LogP contribution in [0.5, 0.6) is 0 Å². The Morgan fingerprint density at radius 2 is 1.89 bits per heavy atom. The Labute approximate surface area is 209 Å². The van der Waals surface area contributed by atoms with Gasteiger partial charge in [0.15, 0.2) is 0 Å². The molecule has 3 aromatic heterocycles. The molecule has 0 saturated carbocycles. The third-order valence-electron chi connectivity index (χ3n) is 6.13. The van der Waals surface area contributed by atoms with Crippen LogP contribution in [0, 0.1) is 0 Å². The van der Waals surface area contributed by atoms with Crippen LogP contribution in [-0.4, -0.2) is 63.9 Å². The molecule has 0 unspecified atom stereocenters. The van der Waals surface area contributed by atoms with Crippen molar-refractivity contribution in [3.05, 3.63) is 71.1 Å². The molecule has 1 N–H and O–H groups in total. The molecule has 1 amide bonds. The number of hydrogen-bond acceptors (Lipinski definition) is 7. The topological polar surface area (TPSA) is 74.2 Å². The Kier molecular flexibility index (Phi) is 6.69. The number of thiazole rings is 1. The van der Waals surface area contributed by atoms with Crippen LogP contribution in [-0.2, 0) is 12.7 Å². The summed E-state index contributed by atoms with van der Waals surface area (Å²) in [5.41, 5.74) is 0.931. The number of carbonyl (C=O) groups is 1. The number of carbonyl (C=O) groups excluding carboxylic acids is 1. The maximum Gasteiger partial charge on any atom is 0.416 e. The zero-order chi connectivity index (χ0) is 25.3. The molecule has 0 radical (unpaired) electrons. The normalized spacial score (nSPS) is 15.3. The number of likely N-dealkylation sites (N-methyl/N-ethyl adjacent to an activating group) is 1. The predicted octanol–water partition coefficient (Wildman–Crippen LogP) is 4.77. The fourth-order valence-electron chi connectivity index (χ4n) is 4.16. The van der Waals surface area contributed by atoms with Gasteiger partial charge in [-0.25, -0.2) is 4.98 Å². The van der Waals surface area contributed by atoms with Gasteiger partial charge in [0.05, 0.1) is 22.8 Å². The summed E-state index contributed by atoms with van der Waals surface area (Å²) < 4.78 is 41.6. The molecule has 36 heavy (non-hydrogen) atoms. The van der Waals surface area contributed by atoms with Gasteiger partial charge in [-0.2, -0.15) is 13.2 Å². The summed E-state index contributed by atoms with van der Waals surface area (Å²) in [6, 6.07) is 7.65. The minimum absolute atomic E-state index is 0.0814. The number of halogens is 3. The molecule has 1 aliphatic rings. The van der Waals surface area contributed by atoms with Gasteiger partial charge in [-0.3, -0.25) is 19.7 Å². The van der Waals surface area contributed by atoms with Crippen molar-refractivity contribution >= 4 is 33.8 Å². The Bertz CT molecular complexity index is 1390. The van der Waals surface area contributed by atoms with Gasteiger partial charge in [0.25, 0.3) is 5.91 Å². The van der Waals surface area contributed by atoms with Gasteiger partial charge in [0, 0.05) is 62.4 Å². The van der Waals surface area contributed by atoms with E-state index in [1.165, 1.54) is 18.3 Å². The predicted molar refractivity (Wildman–Crippen MR) is 133 cm³/mol. The average molecular weight is 513 g/mol. The highest BCUT2D eigenvalue weighted by molar-refractivity contribution is 7.17. The number of fused-ring (bicyclic) bond motifs is 1. The number of anilines is 1. The van der Waals surface area contributed by atoms with E-state index < -0.39 is 17.6 Å². The molecule has 7 nitrogen and oxygen atoms in total.